The fraction of sp³-hybridized carbons (Fsp3) is 0.133. The standard InChI is InChI=1S/C15H14ClFN2O2/c16-13-6-5-12(9-14(13)17)21-8-7-15(20)19-11-3-1-10(18)2-4-11/h1-6,9H,7-8,18H2,(H,19,20). The molecule has 110 valence electrons. The summed E-state index contributed by atoms with van der Waals surface area (Å²) >= 11 is 5.56. The van der Waals surface area contributed by atoms with Crippen LogP contribution in [0.15, 0.2) is 42.5 Å². The van der Waals surface area contributed by atoms with Gasteiger partial charge in [0.05, 0.1) is 18.1 Å². The summed E-state index contributed by atoms with van der Waals surface area (Å²) < 4.78 is 18.5. The van der Waals surface area contributed by atoms with Gasteiger partial charge in [-0.25, -0.2) is 4.39 Å². The fourth-order valence-electron chi connectivity index (χ4n) is 1.62. The number of amides is 1. The molecule has 0 bridgehead atoms. The summed E-state index contributed by atoms with van der Waals surface area (Å²) in [7, 11) is 0. The highest BCUT2D eigenvalue weighted by atomic mass is 35.5. The van der Waals surface area contributed by atoms with Gasteiger partial charge >= 0.3 is 0 Å². The van der Waals surface area contributed by atoms with Crippen LogP contribution in [0.5, 0.6) is 5.75 Å². The van der Waals surface area contributed by atoms with Crippen molar-refractivity contribution in [1.82, 2.24) is 0 Å². The molecule has 3 N–H and O–H groups in total. The van der Waals surface area contributed by atoms with E-state index in [2.05, 4.69) is 5.32 Å². The summed E-state index contributed by atoms with van der Waals surface area (Å²) in [6.45, 7) is 0.141. The average molecular weight is 309 g/mol. The highest BCUT2D eigenvalue weighted by Gasteiger charge is 2.05. The zero-order valence-corrected chi connectivity index (χ0v) is 11.9. The zero-order valence-electron chi connectivity index (χ0n) is 11.1. The molecular weight excluding hydrogens is 295 g/mol. The molecule has 0 fully saturated rings. The minimum absolute atomic E-state index is 0.0310. The second-order valence-electron chi connectivity index (χ2n) is 4.34. The van der Waals surface area contributed by atoms with Crippen molar-refractivity contribution in [3.8, 4) is 5.75 Å². The van der Waals surface area contributed by atoms with Crippen LogP contribution in [-0.2, 0) is 4.79 Å². The van der Waals surface area contributed by atoms with E-state index in [0.29, 0.717) is 17.1 Å². The first-order chi connectivity index (χ1) is 10.0. The molecule has 0 heterocycles. The SMILES string of the molecule is Nc1ccc(NC(=O)CCOc2ccc(Cl)c(F)c2)cc1. The smallest absolute Gasteiger partial charge is 0.227 e. The number of nitrogens with two attached hydrogens (primary N) is 1. The topological polar surface area (TPSA) is 64.3 Å². The number of nitrogen functional groups attached to an aromatic ring is 1. The number of ether oxygens (including phenoxy) is 1. The highest BCUT2D eigenvalue weighted by molar-refractivity contribution is 6.30. The Morgan fingerprint density at radius 3 is 2.62 bits per heavy atom. The number of hydrogen-bond donors (Lipinski definition) is 2. The third-order valence-electron chi connectivity index (χ3n) is 2.68. The second-order valence-corrected chi connectivity index (χ2v) is 4.75. The quantitative estimate of drug-likeness (QED) is 0.831. The predicted octanol–water partition coefficient (Wildman–Crippen LogP) is 3.47. The van der Waals surface area contributed by atoms with E-state index in [4.69, 9.17) is 22.1 Å². The molecule has 2 rings (SSSR count). The molecule has 6 heteroatoms. The minimum Gasteiger partial charge on any atom is -0.493 e. The second kappa shape index (κ2) is 6.95. The normalized spacial score (nSPS) is 10.2. The van der Waals surface area contributed by atoms with Gasteiger partial charge in [0.2, 0.25) is 5.91 Å². The van der Waals surface area contributed by atoms with Crippen molar-refractivity contribution in [3.05, 3.63) is 53.3 Å². The Morgan fingerprint density at radius 1 is 1.24 bits per heavy atom. The lowest BCUT2D eigenvalue weighted by atomic mass is 10.3. The lowest BCUT2D eigenvalue weighted by Gasteiger charge is -2.08. The van der Waals surface area contributed by atoms with Gasteiger partial charge in [0.1, 0.15) is 11.6 Å². The van der Waals surface area contributed by atoms with Gasteiger partial charge in [0, 0.05) is 17.4 Å². The number of benzene rings is 2. The molecule has 0 unspecified atom stereocenters. The van der Waals surface area contributed by atoms with E-state index < -0.39 is 5.82 Å². The van der Waals surface area contributed by atoms with Crippen molar-refractivity contribution < 1.29 is 13.9 Å². The van der Waals surface area contributed by atoms with Crippen molar-refractivity contribution in [2.75, 3.05) is 17.7 Å². The van der Waals surface area contributed by atoms with E-state index in [9.17, 15) is 9.18 Å². The molecule has 0 aliphatic carbocycles. The van der Waals surface area contributed by atoms with Gasteiger partial charge in [-0.15, -0.1) is 0 Å². The number of hydrogen-bond acceptors (Lipinski definition) is 3. The van der Waals surface area contributed by atoms with E-state index in [1.807, 2.05) is 0 Å². The highest BCUT2D eigenvalue weighted by Crippen LogP contribution is 2.20. The van der Waals surface area contributed by atoms with Crippen molar-refractivity contribution in [1.29, 1.82) is 0 Å². The molecule has 2 aromatic rings. The van der Waals surface area contributed by atoms with Gasteiger partial charge in [0.15, 0.2) is 0 Å². The number of carbonyl (C=O) groups is 1. The van der Waals surface area contributed by atoms with Crippen LogP contribution in [0.2, 0.25) is 5.02 Å². The number of rotatable bonds is 5. The van der Waals surface area contributed by atoms with Gasteiger partial charge in [-0.3, -0.25) is 4.79 Å². The molecule has 4 nitrogen and oxygen atoms in total. The molecule has 0 saturated carbocycles. The van der Waals surface area contributed by atoms with Crippen LogP contribution in [0.3, 0.4) is 0 Å². The van der Waals surface area contributed by atoms with Crippen molar-refractivity contribution in [3.63, 3.8) is 0 Å². The van der Waals surface area contributed by atoms with Gasteiger partial charge in [-0.2, -0.15) is 0 Å². The summed E-state index contributed by atoms with van der Waals surface area (Å²) in [4.78, 5) is 11.7. The Morgan fingerprint density at radius 2 is 1.95 bits per heavy atom. The largest absolute Gasteiger partial charge is 0.493 e. The Hall–Kier alpha value is -2.27. The summed E-state index contributed by atoms with van der Waals surface area (Å²) in [6, 6.07) is 10.9. The van der Waals surface area contributed by atoms with Crippen LogP contribution in [-0.4, -0.2) is 12.5 Å². The maximum Gasteiger partial charge on any atom is 0.227 e. The first kappa shape index (κ1) is 15.1. The molecular formula is C15H14ClFN2O2. The first-order valence-corrected chi connectivity index (χ1v) is 6.65. The molecule has 1 amide bonds. The lowest BCUT2D eigenvalue weighted by Crippen LogP contribution is -2.15. The molecule has 0 saturated heterocycles. The predicted molar refractivity (Wildman–Crippen MR) is 81.0 cm³/mol. The van der Waals surface area contributed by atoms with Crippen LogP contribution < -0.4 is 15.8 Å². The van der Waals surface area contributed by atoms with Gasteiger partial charge in [-0.1, -0.05) is 11.6 Å². The van der Waals surface area contributed by atoms with E-state index in [0.717, 1.165) is 0 Å². The maximum absolute atomic E-state index is 13.2. The third-order valence-corrected chi connectivity index (χ3v) is 2.99. The molecule has 0 aliphatic rings. The summed E-state index contributed by atoms with van der Waals surface area (Å²) in [5.41, 5.74) is 6.84. The van der Waals surface area contributed by atoms with Gasteiger partial charge in [-0.05, 0) is 36.4 Å². The maximum atomic E-state index is 13.2. The molecule has 0 atom stereocenters. The van der Waals surface area contributed by atoms with Crippen molar-refractivity contribution in [2.45, 2.75) is 6.42 Å². The number of carbonyl (C=O) groups excluding carboxylic acids is 1. The van der Waals surface area contributed by atoms with E-state index in [-0.39, 0.29) is 24.0 Å². The van der Waals surface area contributed by atoms with Crippen molar-refractivity contribution >= 4 is 28.9 Å². The van der Waals surface area contributed by atoms with Crippen LogP contribution in [0.25, 0.3) is 0 Å². The average Bonchev–Trinajstić information content (AvgIpc) is 2.45. The van der Waals surface area contributed by atoms with E-state index >= 15 is 0 Å². The zero-order chi connectivity index (χ0) is 15.2. The molecule has 0 aromatic heterocycles. The fourth-order valence-corrected chi connectivity index (χ4v) is 1.74. The molecule has 2 aromatic carbocycles. The Balaban J connectivity index is 1.78. The van der Waals surface area contributed by atoms with Gasteiger partial charge < -0.3 is 15.8 Å². The molecule has 21 heavy (non-hydrogen) atoms. The van der Waals surface area contributed by atoms with Crippen molar-refractivity contribution in [2.24, 2.45) is 0 Å². The molecule has 0 spiro atoms. The Bertz CT molecular complexity index is 632. The molecule has 0 aliphatic heterocycles. The van der Waals surface area contributed by atoms with Crippen LogP contribution in [0, 0.1) is 5.82 Å². The summed E-state index contributed by atoms with van der Waals surface area (Å²) in [5.74, 6) is -0.424. The summed E-state index contributed by atoms with van der Waals surface area (Å²) in [6.07, 6.45) is 0.147. The first-order valence-electron chi connectivity index (χ1n) is 6.28. The monoisotopic (exact) mass is 308 g/mol. The van der Waals surface area contributed by atoms with Crippen LogP contribution in [0.1, 0.15) is 6.42 Å². The number of halogens is 2. The van der Waals surface area contributed by atoms with Gasteiger partial charge in [0.25, 0.3) is 0 Å². The lowest BCUT2D eigenvalue weighted by molar-refractivity contribution is -0.116. The molecule has 0 radical (unpaired) electrons. The summed E-state index contributed by atoms with van der Waals surface area (Å²) in [5, 5.41) is 2.74. The van der Waals surface area contributed by atoms with E-state index in [1.165, 1.54) is 12.1 Å². The van der Waals surface area contributed by atoms with E-state index in [1.54, 1.807) is 30.3 Å². The Labute approximate surface area is 126 Å². The number of anilines is 2. The number of nitrogens with one attached hydrogen (secondary N) is 1. The minimum atomic E-state index is -0.555. The third kappa shape index (κ3) is 4.65. The van der Waals surface area contributed by atoms with Crippen LogP contribution in [0.4, 0.5) is 15.8 Å². The Kier molecular flexibility index (Phi) is 5.00. The van der Waals surface area contributed by atoms with Crippen LogP contribution >= 0.6 is 11.6 Å².